The fourth-order valence-corrected chi connectivity index (χ4v) is 2.12. The van der Waals surface area contributed by atoms with Crippen molar-refractivity contribution in [3.8, 4) is 0 Å². The number of nitrogens with one attached hydrogen (secondary N) is 1. The summed E-state index contributed by atoms with van der Waals surface area (Å²) >= 11 is 5.57. The Morgan fingerprint density at radius 2 is 2.13 bits per heavy atom. The maximum atomic E-state index is 13.3. The van der Waals surface area contributed by atoms with Gasteiger partial charge < -0.3 is 15.0 Å². The number of benzene rings is 1. The highest BCUT2D eigenvalue weighted by molar-refractivity contribution is 6.30. The molecule has 0 bridgehead atoms. The Morgan fingerprint density at radius 1 is 1.35 bits per heavy atom. The molecule has 0 saturated heterocycles. The molecule has 5 nitrogen and oxygen atoms in total. The fraction of sp³-hybridized carbons (Fsp3) is 0.250. The highest BCUT2D eigenvalue weighted by atomic mass is 35.5. The molecule has 7 heteroatoms. The van der Waals surface area contributed by atoms with Crippen LogP contribution in [0.15, 0.2) is 47.4 Å². The number of aliphatic hydroxyl groups is 1. The lowest BCUT2D eigenvalue weighted by Crippen LogP contribution is -2.30. The summed E-state index contributed by atoms with van der Waals surface area (Å²) in [7, 11) is 0. The molecule has 23 heavy (non-hydrogen) atoms. The molecule has 1 heterocycles. The normalized spacial score (nSPS) is 12.0. The number of aromatic nitrogens is 1. The van der Waals surface area contributed by atoms with Crippen LogP contribution in [0.25, 0.3) is 0 Å². The monoisotopic (exact) mass is 338 g/mol. The minimum Gasteiger partial charge on any atom is -0.387 e. The van der Waals surface area contributed by atoms with Gasteiger partial charge in [-0.3, -0.25) is 9.59 Å². The van der Waals surface area contributed by atoms with E-state index >= 15 is 0 Å². The molecule has 0 aliphatic rings. The summed E-state index contributed by atoms with van der Waals surface area (Å²) in [6.07, 6.45) is 0.664. The molecule has 0 radical (unpaired) electrons. The standard InChI is InChI=1S/C16H16ClFN2O3/c17-12-5-4-11(9-13(12)18)14(21)10-19-15(22)6-8-20-7-2-1-3-16(20)23/h1-5,7,9,14,21H,6,8,10H2,(H,19,22). The van der Waals surface area contributed by atoms with E-state index in [-0.39, 0.29) is 36.0 Å². The summed E-state index contributed by atoms with van der Waals surface area (Å²) < 4.78 is 14.7. The van der Waals surface area contributed by atoms with E-state index in [9.17, 15) is 19.1 Å². The third kappa shape index (κ3) is 4.91. The third-order valence-corrected chi connectivity index (χ3v) is 3.61. The minimum absolute atomic E-state index is 0.0294. The molecule has 0 aliphatic heterocycles. The molecule has 2 N–H and O–H groups in total. The second-order valence-corrected chi connectivity index (χ2v) is 5.38. The molecule has 0 saturated carbocycles. The summed E-state index contributed by atoms with van der Waals surface area (Å²) in [6.45, 7) is 0.195. The highest BCUT2D eigenvalue weighted by Crippen LogP contribution is 2.19. The van der Waals surface area contributed by atoms with Crippen molar-refractivity contribution in [3.63, 3.8) is 0 Å². The van der Waals surface area contributed by atoms with E-state index in [0.29, 0.717) is 5.56 Å². The quantitative estimate of drug-likeness (QED) is 0.844. The minimum atomic E-state index is -1.04. The van der Waals surface area contributed by atoms with Crippen LogP contribution in [0.5, 0.6) is 0 Å². The van der Waals surface area contributed by atoms with Crippen molar-refractivity contribution in [2.75, 3.05) is 6.54 Å². The first-order valence-electron chi connectivity index (χ1n) is 7.02. The van der Waals surface area contributed by atoms with Gasteiger partial charge >= 0.3 is 0 Å². The van der Waals surface area contributed by atoms with Crippen molar-refractivity contribution in [2.24, 2.45) is 0 Å². The molecule has 122 valence electrons. The zero-order chi connectivity index (χ0) is 16.8. The highest BCUT2D eigenvalue weighted by Gasteiger charge is 2.12. The number of aryl methyl sites for hydroxylation is 1. The molecule has 0 aliphatic carbocycles. The van der Waals surface area contributed by atoms with E-state index in [4.69, 9.17) is 11.6 Å². The van der Waals surface area contributed by atoms with Gasteiger partial charge in [0, 0.05) is 31.8 Å². The lowest BCUT2D eigenvalue weighted by molar-refractivity contribution is -0.121. The molecule has 1 atom stereocenters. The second-order valence-electron chi connectivity index (χ2n) is 4.98. The number of amides is 1. The molecule has 0 fully saturated rings. The van der Waals surface area contributed by atoms with E-state index in [0.717, 1.165) is 6.07 Å². The predicted molar refractivity (Wildman–Crippen MR) is 84.7 cm³/mol. The number of rotatable bonds is 6. The number of hydrogen-bond donors (Lipinski definition) is 2. The van der Waals surface area contributed by atoms with Gasteiger partial charge in [0.2, 0.25) is 5.91 Å². The summed E-state index contributed by atoms with van der Waals surface area (Å²) in [5.74, 6) is -0.938. The zero-order valence-corrected chi connectivity index (χ0v) is 13.0. The van der Waals surface area contributed by atoms with Gasteiger partial charge in [-0.05, 0) is 23.8 Å². The van der Waals surface area contributed by atoms with Gasteiger partial charge in [0.25, 0.3) is 5.56 Å². The summed E-state index contributed by atoms with van der Waals surface area (Å²) in [6, 6.07) is 8.71. The van der Waals surface area contributed by atoms with Gasteiger partial charge in [-0.15, -0.1) is 0 Å². The Balaban J connectivity index is 1.83. The first kappa shape index (κ1) is 17.2. The lowest BCUT2D eigenvalue weighted by atomic mass is 10.1. The smallest absolute Gasteiger partial charge is 0.250 e. The van der Waals surface area contributed by atoms with Crippen molar-refractivity contribution < 1.29 is 14.3 Å². The maximum absolute atomic E-state index is 13.3. The summed E-state index contributed by atoms with van der Waals surface area (Å²) in [5, 5.41) is 12.5. The molecule has 1 amide bonds. The Bertz CT molecular complexity index is 748. The van der Waals surface area contributed by atoms with Gasteiger partial charge in [-0.2, -0.15) is 0 Å². The van der Waals surface area contributed by atoms with E-state index in [1.54, 1.807) is 18.3 Å². The number of aliphatic hydroxyl groups excluding tert-OH is 1. The van der Waals surface area contributed by atoms with E-state index in [1.807, 2.05) is 0 Å². The van der Waals surface area contributed by atoms with Gasteiger partial charge in [-0.1, -0.05) is 23.7 Å². The van der Waals surface area contributed by atoms with Crippen molar-refractivity contribution >= 4 is 17.5 Å². The van der Waals surface area contributed by atoms with Crippen LogP contribution in [0, 0.1) is 5.82 Å². The molecular weight excluding hydrogens is 323 g/mol. The number of halogens is 2. The van der Waals surface area contributed by atoms with Crippen molar-refractivity contribution in [1.29, 1.82) is 0 Å². The van der Waals surface area contributed by atoms with Crippen LogP contribution in [0.4, 0.5) is 4.39 Å². The Kier molecular flexibility index (Phi) is 5.90. The van der Waals surface area contributed by atoms with Crippen LogP contribution < -0.4 is 10.9 Å². The van der Waals surface area contributed by atoms with Crippen LogP contribution in [-0.4, -0.2) is 22.1 Å². The first-order chi connectivity index (χ1) is 11.0. The van der Waals surface area contributed by atoms with Crippen molar-refractivity contribution in [1.82, 2.24) is 9.88 Å². The molecule has 0 spiro atoms. The van der Waals surface area contributed by atoms with Crippen LogP contribution in [0.3, 0.4) is 0 Å². The molecule has 2 aromatic rings. The Labute approximate surface area is 137 Å². The fourth-order valence-electron chi connectivity index (χ4n) is 2.00. The van der Waals surface area contributed by atoms with Crippen molar-refractivity contribution in [2.45, 2.75) is 19.1 Å². The van der Waals surface area contributed by atoms with Crippen LogP contribution >= 0.6 is 11.6 Å². The number of carbonyl (C=O) groups excluding carboxylic acids is 1. The Morgan fingerprint density at radius 3 is 2.83 bits per heavy atom. The molecule has 1 aromatic heterocycles. The largest absolute Gasteiger partial charge is 0.387 e. The summed E-state index contributed by atoms with van der Waals surface area (Å²) in [5.41, 5.74) is 0.142. The topological polar surface area (TPSA) is 71.3 Å². The molecule has 1 aromatic carbocycles. The zero-order valence-electron chi connectivity index (χ0n) is 12.2. The van der Waals surface area contributed by atoms with E-state index < -0.39 is 11.9 Å². The van der Waals surface area contributed by atoms with E-state index in [1.165, 1.54) is 22.8 Å². The lowest BCUT2D eigenvalue weighted by Gasteiger charge is -2.13. The van der Waals surface area contributed by atoms with Gasteiger partial charge in [0.1, 0.15) is 5.82 Å². The summed E-state index contributed by atoms with van der Waals surface area (Å²) in [4.78, 5) is 23.2. The third-order valence-electron chi connectivity index (χ3n) is 3.30. The van der Waals surface area contributed by atoms with Crippen LogP contribution in [0.2, 0.25) is 5.02 Å². The van der Waals surface area contributed by atoms with Gasteiger partial charge in [0.05, 0.1) is 11.1 Å². The van der Waals surface area contributed by atoms with Crippen LogP contribution in [0.1, 0.15) is 18.1 Å². The molecule has 2 rings (SSSR count). The average molecular weight is 339 g/mol. The molecular formula is C16H16ClFN2O3. The average Bonchev–Trinajstić information content (AvgIpc) is 2.54. The first-order valence-corrected chi connectivity index (χ1v) is 7.40. The van der Waals surface area contributed by atoms with Gasteiger partial charge in [0.15, 0.2) is 0 Å². The second kappa shape index (κ2) is 7.89. The van der Waals surface area contributed by atoms with E-state index in [2.05, 4.69) is 5.32 Å². The Hall–Kier alpha value is -2.18. The number of hydrogen-bond acceptors (Lipinski definition) is 3. The van der Waals surface area contributed by atoms with Crippen molar-refractivity contribution in [3.05, 3.63) is 69.4 Å². The molecule has 1 unspecified atom stereocenters. The predicted octanol–water partition coefficient (Wildman–Crippen LogP) is 1.88. The van der Waals surface area contributed by atoms with Gasteiger partial charge in [-0.25, -0.2) is 4.39 Å². The SMILES string of the molecule is O=C(CCn1ccccc1=O)NCC(O)c1ccc(Cl)c(F)c1. The maximum Gasteiger partial charge on any atom is 0.250 e. The number of nitrogens with zero attached hydrogens (tertiary/aromatic N) is 1. The van der Waals surface area contributed by atoms with Crippen LogP contribution in [-0.2, 0) is 11.3 Å². The number of pyridine rings is 1. The number of carbonyl (C=O) groups is 1.